The summed E-state index contributed by atoms with van der Waals surface area (Å²) in [6, 6.07) is 11.4. The number of halogens is 1. The summed E-state index contributed by atoms with van der Waals surface area (Å²) in [6.45, 7) is 0. The van der Waals surface area contributed by atoms with Crippen LogP contribution in [0.15, 0.2) is 42.7 Å². The first-order chi connectivity index (χ1) is 17.1. The first-order valence-corrected chi connectivity index (χ1v) is 13.1. The Kier molecular flexibility index (Phi) is 6.60. The number of hydrogen-bond acceptors (Lipinski definition) is 9. The molecule has 2 aromatic carbocycles. The van der Waals surface area contributed by atoms with Crippen LogP contribution in [0.5, 0.6) is 5.75 Å². The van der Waals surface area contributed by atoms with Crippen LogP contribution in [0, 0.1) is 0 Å². The standard InChI is InChI=1S/C22H23ClN5O7P/c1-34-14-4-2-3-11-9-12(5-6-13(11)14)25-19-16-20(27-22(23)26-19)28(10-24-16)21-18(30)17(29)15(35-21)7-8-36(31,32)33/h2-6,9-10,15,17-18,21,29-30H,7-8H2,1H3,(H,25,26,27)(H2,31,32,33)/t15-,17?,18+,21-/m1/s1. The molecule has 190 valence electrons. The second-order valence-corrected chi connectivity index (χ2v) is 10.5. The molecule has 0 radical (unpaired) electrons. The van der Waals surface area contributed by atoms with Gasteiger partial charge in [-0.05, 0) is 47.7 Å². The number of aromatic nitrogens is 4. The average Bonchev–Trinajstić information content (AvgIpc) is 3.37. The van der Waals surface area contributed by atoms with Crippen molar-refractivity contribution in [2.24, 2.45) is 0 Å². The van der Waals surface area contributed by atoms with Crippen molar-refractivity contribution in [3.63, 3.8) is 0 Å². The highest BCUT2D eigenvalue weighted by atomic mass is 35.5. The van der Waals surface area contributed by atoms with E-state index < -0.39 is 38.3 Å². The minimum atomic E-state index is -4.30. The van der Waals surface area contributed by atoms with Crippen molar-refractivity contribution in [1.29, 1.82) is 0 Å². The van der Waals surface area contributed by atoms with E-state index in [1.165, 1.54) is 10.9 Å². The van der Waals surface area contributed by atoms with Gasteiger partial charge in [0.1, 0.15) is 18.0 Å². The maximum atomic E-state index is 11.2. The van der Waals surface area contributed by atoms with Crippen molar-refractivity contribution in [3.05, 3.63) is 48.0 Å². The lowest BCUT2D eigenvalue weighted by Crippen LogP contribution is -2.31. The number of hydrogen-bond donors (Lipinski definition) is 5. The molecule has 4 atom stereocenters. The molecule has 4 aromatic rings. The van der Waals surface area contributed by atoms with Crippen molar-refractivity contribution >= 4 is 52.6 Å². The first-order valence-electron chi connectivity index (χ1n) is 10.9. The quantitative estimate of drug-likeness (QED) is 0.174. The lowest BCUT2D eigenvalue weighted by atomic mass is 10.1. The van der Waals surface area contributed by atoms with Gasteiger partial charge in [0, 0.05) is 11.1 Å². The molecule has 14 heteroatoms. The summed E-state index contributed by atoms with van der Waals surface area (Å²) in [5.41, 5.74) is 1.30. The Hall–Kier alpha value is -2.83. The van der Waals surface area contributed by atoms with Crippen LogP contribution in [0.3, 0.4) is 0 Å². The topological polar surface area (TPSA) is 172 Å². The summed E-state index contributed by atoms with van der Waals surface area (Å²) in [4.78, 5) is 31.1. The fraction of sp³-hybridized carbons (Fsp3) is 0.318. The van der Waals surface area contributed by atoms with E-state index in [4.69, 9.17) is 30.9 Å². The molecule has 5 N–H and O–H groups in total. The van der Waals surface area contributed by atoms with Gasteiger partial charge in [-0.2, -0.15) is 9.97 Å². The second kappa shape index (κ2) is 9.56. The van der Waals surface area contributed by atoms with Crippen molar-refractivity contribution in [1.82, 2.24) is 19.5 Å². The van der Waals surface area contributed by atoms with Crippen LogP contribution >= 0.6 is 19.2 Å². The molecule has 1 unspecified atom stereocenters. The van der Waals surface area contributed by atoms with Crippen LogP contribution in [0.2, 0.25) is 5.28 Å². The van der Waals surface area contributed by atoms with Gasteiger partial charge in [-0.1, -0.05) is 12.1 Å². The molecule has 1 aliphatic rings. The van der Waals surface area contributed by atoms with Crippen LogP contribution in [0.25, 0.3) is 21.9 Å². The van der Waals surface area contributed by atoms with Gasteiger partial charge in [-0.15, -0.1) is 0 Å². The molecular formula is C22H23ClN5O7P. The number of anilines is 2. The maximum absolute atomic E-state index is 11.2. The third kappa shape index (κ3) is 4.76. The molecule has 1 fully saturated rings. The zero-order valence-electron chi connectivity index (χ0n) is 18.9. The second-order valence-electron chi connectivity index (χ2n) is 8.41. The van der Waals surface area contributed by atoms with Gasteiger partial charge in [0.2, 0.25) is 5.28 Å². The minimum Gasteiger partial charge on any atom is -0.496 e. The summed E-state index contributed by atoms with van der Waals surface area (Å²) in [5.74, 6) is 1.07. The van der Waals surface area contributed by atoms with Gasteiger partial charge < -0.3 is 34.8 Å². The molecule has 3 heterocycles. The predicted molar refractivity (Wildman–Crippen MR) is 132 cm³/mol. The molecule has 0 saturated carbocycles. The number of aliphatic hydroxyl groups excluding tert-OH is 2. The van der Waals surface area contributed by atoms with Crippen molar-refractivity contribution in [3.8, 4) is 5.75 Å². The fourth-order valence-corrected chi connectivity index (χ4v) is 5.06. The number of methoxy groups -OCH3 is 1. The van der Waals surface area contributed by atoms with E-state index in [9.17, 15) is 14.8 Å². The monoisotopic (exact) mass is 535 g/mol. The Bertz CT molecular complexity index is 1480. The normalized spacial score (nSPS) is 22.4. The average molecular weight is 536 g/mol. The Morgan fingerprint density at radius 2 is 2.00 bits per heavy atom. The Morgan fingerprint density at radius 1 is 1.19 bits per heavy atom. The van der Waals surface area contributed by atoms with E-state index in [1.807, 2.05) is 36.4 Å². The van der Waals surface area contributed by atoms with Gasteiger partial charge in [0.15, 0.2) is 23.2 Å². The van der Waals surface area contributed by atoms with E-state index >= 15 is 0 Å². The SMILES string of the molecule is COc1cccc2cc(Nc3nc(Cl)nc4c3ncn4[C@@H]3O[C@H](CCP(=O)(O)O)C(O)[C@@H]3O)ccc12. The Labute approximate surface area is 209 Å². The summed E-state index contributed by atoms with van der Waals surface area (Å²) >= 11 is 6.19. The molecule has 0 amide bonds. The highest BCUT2D eigenvalue weighted by Crippen LogP contribution is 2.40. The zero-order chi connectivity index (χ0) is 25.6. The van der Waals surface area contributed by atoms with Crippen LogP contribution in [0.4, 0.5) is 11.5 Å². The lowest BCUT2D eigenvalue weighted by molar-refractivity contribution is -0.0355. The van der Waals surface area contributed by atoms with E-state index in [0.29, 0.717) is 17.0 Å². The first kappa shape index (κ1) is 24.8. The van der Waals surface area contributed by atoms with E-state index in [-0.39, 0.29) is 17.4 Å². The van der Waals surface area contributed by atoms with E-state index in [1.54, 1.807) is 7.11 Å². The molecule has 2 aromatic heterocycles. The van der Waals surface area contributed by atoms with Crippen LogP contribution in [-0.2, 0) is 9.30 Å². The van der Waals surface area contributed by atoms with Crippen LogP contribution in [0.1, 0.15) is 12.6 Å². The Balaban J connectivity index is 1.45. The number of nitrogens with one attached hydrogen (secondary N) is 1. The number of nitrogens with zero attached hydrogens (tertiary/aromatic N) is 4. The number of benzene rings is 2. The molecule has 0 bridgehead atoms. The smallest absolute Gasteiger partial charge is 0.325 e. The van der Waals surface area contributed by atoms with Gasteiger partial charge in [0.05, 0.1) is 25.7 Å². The van der Waals surface area contributed by atoms with Gasteiger partial charge >= 0.3 is 7.60 Å². The lowest BCUT2D eigenvalue weighted by Gasteiger charge is -2.17. The van der Waals surface area contributed by atoms with E-state index in [2.05, 4.69) is 20.3 Å². The maximum Gasteiger partial charge on any atom is 0.325 e. The van der Waals surface area contributed by atoms with Crippen molar-refractivity contribution in [2.75, 3.05) is 18.6 Å². The van der Waals surface area contributed by atoms with Crippen molar-refractivity contribution in [2.45, 2.75) is 31.0 Å². The number of aliphatic hydroxyl groups is 2. The van der Waals surface area contributed by atoms with Crippen LogP contribution in [-0.4, -0.2) is 71.1 Å². The van der Waals surface area contributed by atoms with Crippen LogP contribution < -0.4 is 10.1 Å². The molecular weight excluding hydrogens is 513 g/mol. The molecule has 36 heavy (non-hydrogen) atoms. The molecule has 5 rings (SSSR count). The van der Waals surface area contributed by atoms with Gasteiger partial charge in [-0.3, -0.25) is 9.13 Å². The summed E-state index contributed by atoms with van der Waals surface area (Å²) in [6.07, 6.45) is -4.08. The number of fused-ring (bicyclic) bond motifs is 2. The van der Waals surface area contributed by atoms with Gasteiger partial charge in [-0.25, -0.2) is 4.98 Å². The van der Waals surface area contributed by atoms with Gasteiger partial charge in [0.25, 0.3) is 0 Å². The molecule has 1 saturated heterocycles. The van der Waals surface area contributed by atoms with Crippen molar-refractivity contribution < 1.29 is 34.0 Å². The number of imidazole rings is 1. The van der Waals surface area contributed by atoms with E-state index in [0.717, 1.165) is 16.5 Å². The third-order valence-electron chi connectivity index (χ3n) is 6.03. The largest absolute Gasteiger partial charge is 0.496 e. The number of ether oxygens (including phenoxy) is 2. The summed E-state index contributed by atoms with van der Waals surface area (Å²) < 4.78 is 23.8. The summed E-state index contributed by atoms with van der Waals surface area (Å²) in [7, 11) is -2.68. The minimum absolute atomic E-state index is 0.0831. The highest BCUT2D eigenvalue weighted by Gasteiger charge is 2.44. The summed E-state index contributed by atoms with van der Waals surface area (Å²) in [5, 5.41) is 26.0. The molecule has 1 aliphatic heterocycles. The fourth-order valence-electron chi connectivity index (χ4n) is 4.30. The highest BCUT2D eigenvalue weighted by molar-refractivity contribution is 7.51. The number of rotatable bonds is 7. The molecule has 12 nitrogen and oxygen atoms in total. The zero-order valence-corrected chi connectivity index (χ0v) is 20.5. The predicted octanol–water partition coefficient (Wildman–Crippen LogP) is 2.57. The third-order valence-corrected chi connectivity index (χ3v) is 7.04. The molecule has 0 aliphatic carbocycles. The Morgan fingerprint density at radius 3 is 2.75 bits per heavy atom. The molecule has 0 spiro atoms.